The molecular weight excluding hydrogens is 279 g/mol. The largest absolute Gasteiger partial charge is 0.491 e. The first-order valence-electron chi connectivity index (χ1n) is 7.22. The minimum absolute atomic E-state index is 0.0294. The van der Waals surface area contributed by atoms with Crippen LogP contribution in [0.25, 0.3) is 0 Å². The third-order valence-corrected chi connectivity index (χ3v) is 3.88. The lowest BCUT2D eigenvalue weighted by Crippen LogP contribution is -2.31. The number of aromatic nitrogens is 1. The first-order chi connectivity index (χ1) is 10.6. The molecule has 6 heteroatoms. The van der Waals surface area contributed by atoms with Gasteiger partial charge in [0.25, 0.3) is 5.91 Å². The van der Waals surface area contributed by atoms with E-state index >= 15 is 0 Å². The number of benzene rings is 1. The first kappa shape index (κ1) is 14.7. The van der Waals surface area contributed by atoms with Gasteiger partial charge in [0.05, 0.1) is 6.61 Å². The lowest BCUT2D eigenvalue weighted by molar-refractivity contribution is 0.0796. The highest BCUT2D eigenvalue weighted by atomic mass is 16.5. The van der Waals surface area contributed by atoms with Crippen molar-refractivity contribution in [3.05, 3.63) is 59.4 Å². The van der Waals surface area contributed by atoms with Crippen molar-refractivity contribution in [3.8, 4) is 0 Å². The standard InChI is InChI=1S/C16H17BN2O3/c1-19(9-6-12-4-7-18-8-5-12)16(20)13-2-3-15-14(10-13)11-22-17(15)21/h2-5,7-8,10,21H,6,9,11H2,1H3. The second-order valence-corrected chi connectivity index (χ2v) is 5.41. The van der Waals surface area contributed by atoms with Gasteiger partial charge in [0.15, 0.2) is 0 Å². The van der Waals surface area contributed by atoms with E-state index in [2.05, 4.69) is 4.98 Å². The molecule has 0 saturated carbocycles. The summed E-state index contributed by atoms with van der Waals surface area (Å²) in [6.07, 6.45) is 4.30. The van der Waals surface area contributed by atoms with Gasteiger partial charge in [-0.3, -0.25) is 9.78 Å². The number of carbonyl (C=O) groups is 1. The minimum atomic E-state index is -0.872. The third-order valence-electron chi connectivity index (χ3n) is 3.88. The van der Waals surface area contributed by atoms with Gasteiger partial charge >= 0.3 is 7.12 Å². The fourth-order valence-electron chi connectivity index (χ4n) is 2.53. The number of amides is 1. The lowest BCUT2D eigenvalue weighted by Gasteiger charge is -2.17. The Morgan fingerprint density at radius 2 is 2.14 bits per heavy atom. The zero-order chi connectivity index (χ0) is 15.5. The Morgan fingerprint density at radius 1 is 1.36 bits per heavy atom. The van der Waals surface area contributed by atoms with Crippen molar-refractivity contribution in [2.75, 3.05) is 13.6 Å². The number of rotatable bonds is 4. The predicted octanol–water partition coefficient (Wildman–Crippen LogP) is 0.614. The molecular formula is C16H17BN2O3. The fourth-order valence-corrected chi connectivity index (χ4v) is 2.53. The van der Waals surface area contributed by atoms with Gasteiger partial charge in [-0.25, -0.2) is 0 Å². The molecule has 2 heterocycles. The highest BCUT2D eigenvalue weighted by Crippen LogP contribution is 2.13. The molecule has 2 aromatic rings. The van der Waals surface area contributed by atoms with Gasteiger partial charge in [-0.05, 0) is 47.3 Å². The zero-order valence-corrected chi connectivity index (χ0v) is 12.4. The van der Waals surface area contributed by atoms with Gasteiger partial charge < -0.3 is 14.6 Å². The average molecular weight is 296 g/mol. The molecule has 0 spiro atoms. The van der Waals surface area contributed by atoms with Crippen LogP contribution >= 0.6 is 0 Å². The number of carbonyl (C=O) groups excluding carboxylic acids is 1. The number of fused-ring (bicyclic) bond motifs is 1. The van der Waals surface area contributed by atoms with Crippen LogP contribution in [0.3, 0.4) is 0 Å². The van der Waals surface area contributed by atoms with Crippen LogP contribution < -0.4 is 5.46 Å². The van der Waals surface area contributed by atoms with Crippen molar-refractivity contribution >= 4 is 18.5 Å². The molecule has 1 amide bonds. The number of hydrogen-bond donors (Lipinski definition) is 1. The van der Waals surface area contributed by atoms with Gasteiger partial charge in [0, 0.05) is 31.5 Å². The maximum Gasteiger partial charge on any atom is 0.491 e. The molecule has 1 aromatic heterocycles. The summed E-state index contributed by atoms with van der Waals surface area (Å²) >= 11 is 0. The van der Waals surface area contributed by atoms with E-state index in [0.717, 1.165) is 23.0 Å². The lowest BCUT2D eigenvalue weighted by atomic mass is 9.79. The maximum absolute atomic E-state index is 12.5. The van der Waals surface area contributed by atoms with E-state index in [-0.39, 0.29) is 5.91 Å². The summed E-state index contributed by atoms with van der Waals surface area (Å²) < 4.78 is 5.15. The molecule has 0 aliphatic carbocycles. The number of hydrogen-bond acceptors (Lipinski definition) is 4. The van der Waals surface area contributed by atoms with Crippen molar-refractivity contribution < 1.29 is 14.5 Å². The van der Waals surface area contributed by atoms with Gasteiger partial charge in [-0.2, -0.15) is 0 Å². The summed E-state index contributed by atoms with van der Waals surface area (Å²) in [7, 11) is 0.922. The molecule has 1 aromatic carbocycles. The van der Waals surface area contributed by atoms with E-state index in [1.54, 1.807) is 42.5 Å². The molecule has 0 radical (unpaired) electrons. The Labute approximate surface area is 129 Å². The Hall–Kier alpha value is -2.18. The fraction of sp³-hybridized carbons (Fsp3) is 0.250. The zero-order valence-electron chi connectivity index (χ0n) is 12.4. The number of pyridine rings is 1. The number of nitrogens with zero attached hydrogens (tertiary/aromatic N) is 2. The normalized spacial score (nSPS) is 13.1. The van der Waals surface area contributed by atoms with Crippen LogP contribution in [-0.4, -0.2) is 41.5 Å². The molecule has 0 fully saturated rings. The Bertz CT molecular complexity index is 678. The Kier molecular flexibility index (Phi) is 4.22. The molecule has 0 bridgehead atoms. The summed E-state index contributed by atoms with van der Waals surface area (Å²) in [4.78, 5) is 18.1. The van der Waals surface area contributed by atoms with E-state index in [0.29, 0.717) is 18.7 Å². The first-order valence-corrected chi connectivity index (χ1v) is 7.22. The van der Waals surface area contributed by atoms with E-state index in [1.165, 1.54) is 0 Å². The highest BCUT2D eigenvalue weighted by Gasteiger charge is 2.28. The minimum Gasteiger partial charge on any atom is -0.423 e. The van der Waals surface area contributed by atoms with Crippen LogP contribution in [-0.2, 0) is 17.7 Å². The summed E-state index contributed by atoms with van der Waals surface area (Å²) in [6, 6.07) is 9.20. The van der Waals surface area contributed by atoms with Crippen molar-refractivity contribution in [1.82, 2.24) is 9.88 Å². The maximum atomic E-state index is 12.5. The quantitative estimate of drug-likeness (QED) is 0.840. The van der Waals surface area contributed by atoms with E-state index in [9.17, 15) is 9.82 Å². The van der Waals surface area contributed by atoms with Crippen molar-refractivity contribution in [2.24, 2.45) is 0 Å². The van der Waals surface area contributed by atoms with Gasteiger partial charge in [-0.1, -0.05) is 6.07 Å². The molecule has 0 atom stereocenters. The smallest absolute Gasteiger partial charge is 0.423 e. The summed E-state index contributed by atoms with van der Waals surface area (Å²) in [5, 5.41) is 9.61. The van der Waals surface area contributed by atoms with Crippen LogP contribution in [0.5, 0.6) is 0 Å². The molecule has 112 valence electrons. The Morgan fingerprint density at radius 3 is 2.91 bits per heavy atom. The van der Waals surface area contributed by atoms with Crippen LogP contribution in [0.2, 0.25) is 0 Å². The van der Waals surface area contributed by atoms with Crippen LogP contribution in [0.15, 0.2) is 42.7 Å². The highest BCUT2D eigenvalue weighted by molar-refractivity contribution is 6.61. The monoisotopic (exact) mass is 296 g/mol. The molecule has 1 aliphatic rings. The molecule has 0 unspecified atom stereocenters. The summed E-state index contributed by atoms with van der Waals surface area (Å²) in [5.74, 6) is -0.0294. The van der Waals surface area contributed by atoms with Crippen molar-refractivity contribution in [1.29, 1.82) is 0 Å². The van der Waals surface area contributed by atoms with Crippen LogP contribution in [0, 0.1) is 0 Å². The van der Waals surface area contributed by atoms with Crippen LogP contribution in [0.4, 0.5) is 0 Å². The molecule has 1 N–H and O–H groups in total. The number of likely N-dealkylation sites (N-methyl/N-ethyl adjacent to an activating group) is 1. The topological polar surface area (TPSA) is 62.7 Å². The van der Waals surface area contributed by atoms with Gasteiger partial charge in [0.2, 0.25) is 0 Å². The van der Waals surface area contributed by atoms with Gasteiger partial charge in [0.1, 0.15) is 0 Å². The molecule has 0 saturated heterocycles. The van der Waals surface area contributed by atoms with E-state index in [1.807, 2.05) is 12.1 Å². The van der Waals surface area contributed by atoms with E-state index in [4.69, 9.17) is 4.65 Å². The van der Waals surface area contributed by atoms with Crippen LogP contribution in [0.1, 0.15) is 21.5 Å². The summed E-state index contributed by atoms with van der Waals surface area (Å²) in [5.41, 5.74) is 3.39. The second-order valence-electron chi connectivity index (χ2n) is 5.41. The Balaban J connectivity index is 1.66. The van der Waals surface area contributed by atoms with Crippen molar-refractivity contribution in [3.63, 3.8) is 0 Å². The summed E-state index contributed by atoms with van der Waals surface area (Å²) in [6.45, 7) is 0.984. The molecule has 3 rings (SSSR count). The van der Waals surface area contributed by atoms with E-state index < -0.39 is 7.12 Å². The second kappa shape index (κ2) is 6.29. The molecule has 1 aliphatic heterocycles. The SMILES string of the molecule is CN(CCc1ccncc1)C(=O)c1ccc2c(c1)COB2O. The molecule has 22 heavy (non-hydrogen) atoms. The third kappa shape index (κ3) is 3.03. The molecule has 5 nitrogen and oxygen atoms in total. The average Bonchev–Trinajstić information content (AvgIpc) is 2.93. The van der Waals surface area contributed by atoms with Gasteiger partial charge in [-0.15, -0.1) is 0 Å². The predicted molar refractivity (Wildman–Crippen MR) is 83.7 cm³/mol. The van der Waals surface area contributed by atoms with Crippen molar-refractivity contribution in [2.45, 2.75) is 13.0 Å².